The number of aryl methyl sites for hydroxylation is 2. The van der Waals surface area contributed by atoms with Gasteiger partial charge in [0.2, 0.25) is 5.91 Å². The van der Waals surface area contributed by atoms with Crippen LogP contribution in [0.25, 0.3) is 0 Å². The fraction of sp³-hybridized carbons (Fsp3) is 0.562. The van der Waals surface area contributed by atoms with Gasteiger partial charge in [-0.25, -0.2) is 0 Å². The highest BCUT2D eigenvalue weighted by Crippen LogP contribution is 2.21. The second-order valence-corrected chi connectivity index (χ2v) is 5.36. The van der Waals surface area contributed by atoms with Crippen LogP contribution in [0.3, 0.4) is 0 Å². The number of carbonyl (C=O) groups excluding carboxylic acids is 1. The zero-order chi connectivity index (χ0) is 14.4. The SMILES string of the molecule is Cc1cccc(C)c1OCCNC(=O)C1CCCCN1. The van der Waals surface area contributed by atoms with Crippen molar-refractivity contribution in [2.45, 2.75) is 39.2 Å². The van der Waals surface area contributed by atoms with Gasteiger partial charge in [0.25, 0.3) is 0 Å². The molecular formula is C16H24N2O2. The summed E-state index contributed by atoms with van der Waals surface area (Å²) in [5.41, 5.74) is 2.26. The van der Waals surface area contributed by atoms with E-state index in [2.05, 4.69) is 10.6 Å². The van der Waals surface area contributed by atoms with Gasteiger partial charge in [0.05, 0.1) is 12.6 Å². The Hall–Kier alpha value is -1.55. The first-order chi connectivity index (χ1) is 9.68. The van der Waals surface area contributed by atoms with E-state index in [1.165, 1.54) is 6.42 Å². The Balaban J connectivity index is 1.72. The number of rotatable bonds is 5. The second kappa shape index (κ2) is 7.29. The molecule has 0 bridgehead atoms. The number of nitrogens with one attached hydrogen (secondary N) is 2. The molecule has 4 nitrogen and oxygen atoms in total. The lowest BCUT2D eigenvalue weighted by Crippen LogP contribution is -2.47. The first-order valence-electron chi connectivity index (χ1n) is 7.38. The number of para-hydroxylation sites is 1. The highest BCUT2D eigenvalue weighted by molar-refractivity contribution is 5.81. The second-order valence-electron chi connectivity index (χ2n) is 5.36. The summed E-state index contributed by atoms with van der Waals surface area (Å²) in [7, 11) is 0. The largest absolute Gasteiger partial charge is 0.491 e. The van der Waals surface area contributed by atoms with Gasteiger partial charge in [-0.05, 0) is 44.4 Å². The van der Waals surface area contributed by atoms with E-state index >= 15 is 0 Å². The summed E-state index contributed by atoms with van der Waals surface area (Å²) in [4.78, 5) is 11.9. The third kappa shape index (κ3) is 3.97. The molecule has 1 aromatic rings. The summed E-state index contributed by atoms with van der Waals surface area (Å²) in [6.45, 7) is 6.06. The Bertz CT molecular complexity index is 434. The summed E-state index contributed by atoms with van der Waals surface area (Å²) in [5.74, 6) is 1.02. The molecule has 1 fully saturated rings. The molecule has 1 saturated heterocycles. The Morgan fingerprint density at radius 2 is 2.10 bits per heavy atom. The zero-order valence-electron chi connectivity index (χ0n) is 12.4. The number of benzene rings is 1. The highest BCUT2D eigenvalue weighted by Gasteiger charge is 2.19. The smallest absolute Gasteiger partial charge is 0.237 e. The molecule has 0 saturated carbocycles. The van der Waals surface area contributed by atoms with Crippen LogP contribution in [0.15, 0.2) is 18.2 Å². The van der Waals surface area contributed by atoms with Gasteiger partial charge in [0, 0.05) is 0 Å². The van der Waals surface area contributed by atoms with E-state index < -0.39 is 0 Å². The maximum atomic E-state index is 11.9. The van der Waals surface area contributed by atoms with Crippen molar-refractivity contribution in [3.05, 3.63) is 29.3 Å². The van der Waals surface area contributed by atoms with Crippen LogP contribution >= 0.6 is 0 Å². The monoisotopic (exact) mass is 276 g/mol. The van der Waals surface area contributed by atoms with E-state index in [1.54, 1.807) is 0 Å². The van der Waals surface area contributed by atoms with Crippen LogP contribution < -0.4 is 15.4 Å². The topological polar surface area (TPSA) is 50.4 Å². The van der Waals surface area contributed by atoms with Gasteiger partial charge in [0.15, 0.2) is 0 Å². The molecule has 0 aromatic heterocycles. The third-order valence-corrected chi connectivity index (χ3v) is 3.68. The molecule has 1 amide bonds. The number of carbonyl (C=O) groups is 1. The van der Waals surface area contributed by atoms with Crippen LogP contribution in [0.4, 0.5) is 0 Å². The predicted molar refractivity (Wildman–Crippen MR) is 80.1 cm³/mol. The van der Waals surface area contributed by atoms with Crippen LogP contribution in [0.5, 0.6) is 5.75 Å². The average molecular weight is 276 g/mol. The summed E-state index contributed by atoms with van der Waals surface area (Å²) in [6.07, 6.45) is 3.23. The molecule has 4 heteroatoms. The van der Waals surface area contributed by atoms with E-state index in [0.29, 0.717) is 13.2 Å². The van der Waals surface area contributed by atoms with Gasteiger partial charge in [0.1, 0.15) is 12.4 Å². The number of piperidine rings is 1. The highest BCUT2D eigenvalue weighted by atomic mass is 16.5. The molecule has 1 aliphatic rings. The van der Waals surface area contributed by atoms with Gasteiger partial charge >= 0.3 is 0 Å². The minimum atomic E-state index is -0.0241. The molecule has 1 atom stereocenters. The molecule has 0 spiro atoms. The predicted octanol–water partition coefficient (Wildman–Crippen LogP) is 1.94. The molecule has 2 N–H and O–H groups in total. The fourth-order valence-electron chi connectivity index (χ4n) is 2.55. The molecular weight excluding hydrogens is 252 g/mol. The average Bonchev–Trinajstić information content (AvgIpc) is 2.46. The van der Waals surface area contributed by atoms with E-state index in [-0.39, 0.29) is 11.9 Å². The minimum Gasteiger partial charge on any atom is -0.491 e. The standard InChI is InChI=1S/C16H24N2O2/c1-12-6-5-7-13(2)15(12)20-11-10-18-16(19)14-8-3-4-9-17-14/h5-7,14,17H,3-4,8-11H2,1-2H3,(H,18,19). The third-order valence-electron chi connectivity index (χ3n) is 3.68. The van der Waals surface area contributed by atoms with Crippen molar-refractivity contribution in [2.24, 2.45) is 0 Å². The summed E-state index contributed by atoms with van der Waals surface area (Å²) in [6, 6.07) is 6.07. The Morgan fingerprint density at radius 3 is 2.75 bits per heavy atom. The lowest BCUT2D eigenvalue weighted by atomic mass is 10.0. The van der Waals surface area contributed by atoms with Crippen molar-refractivity contribution in [2.75, 3.05) is 19.7 Å². The molecule has 0 aliphatic carbocycles. The fourth-order valence-corrected chi connectivity index (χ4v) is 2.55. The van der Waals surface area contributed by atoms with Gasteiger partial charge in [-0.1, -0.05) is 24.6 Å². The Morgan fingerprint density at radius 1 is 1.35 bits per heavy atom. The van der Waals surface area contributed by atoms with Crippen LogP contribution in [0, 0.1) is 13.8 Å². The zero-order valence-corrected chi connectivity index (χ0v) is 12.4. The molecule has 1 aliphatic heterocycles. The van der Waals surface area contributed by atoms with E-state index in [1.807, 2.05) is 32.0 Å². The van der Waals surface area contributed by atoms with E-state index in [9.17, 15) is 4.79 Å². The Labute approximate surface area is 120 Å². The lowest BCUT2D eigenvalue weighted by Gasteiger charge is -2.22. The van der Waals surface area contributed by atoms with E-state index in [4.69, 9.17) is 4.74 Å². The van der Waals surface area contributed by atoms with Crippen molar-refractivity contribution in [3.63, 3.8) is 0 Å². The number of hydrogen-bond acceptors (Lipinski definition) is 3. The molecule has 1 aromatic carbocycles. The van der Waals surface area contributed by atoms with Crippen LogP contribution in [0.1, 0.15) is 30.4 Å². The van der Waals surface area contributed by atoms with E-state index in [0.717, 1.165) is 36.3 Å². The number of hydrogen-bond donors (Lipinski definition) is 2. The summed E-state index contributed by atoms with van der Waals surface area (Å²) >= 11 is 0. The molecule has 2 rings (SSSR count). The minimum absolute atomic E-state index is 0.0241. The molecule has 20 heavy (non-hydrogen) atoms. The summed E-state index contributed by atoms with van der Waals surface area (Å²) < 4.78 is 5.77. The van der Waals surface area contributed by atoms with Crippen LogP contribution in [-0.2, 0) is 4.79 Å². The van der Waals surface area contributed by atoms with Gasteiger partial charge in [-0.2, -0.15) is 0 Å². The van der Waals surface area contributed by atoms with Crippen molar-refractivity contribution in [1.82, 2.24) is 10.6 Å². The van der Waals surface area contributed by atoms with Crippen LogP contribution in [-0.4, -0.2) is 31.6 Å². The first-order valence-corrected chi connectivity index (χ1v) is 7.38. The van der Waals surface area contributed by atoms with Crippen molar-refractivity contribution < 1.29 is 9.53 Å². The van der Waals surface area contributed by atoms with Crippen LogP contribution in [0.2, 0.25) is 0 Å². The van der Waals surface area contributed by atoms with Crippen molar-refractivity contribution in [1.29, 1.82) is 0 Å². The number of amides is 1. The lowest BCUT2D eigenvalue weighted by molar-refractivity contribution is -0.123. The summed E-state index contributed by atoms with van der Waals surface area (Å²) in [5, 5.41) is 6.18. The van der Waals surface area contributed by atoms with Gasteiger partial charge in [-0.15, -0.1) is 0 Å². The maximum absolute atomic E-state index is 11.9. The first kappa shape index (κ1) is 14.9. The molecule has 110 valence electrons. The van der Waals surface area contributed by atoms with Crippen molar-refractivity contribution >= 4 is 5.91 Å². The number of ether oxygens (including phenoxy) is 1. The molecule has 0 radical (unpaired) electrons. The quantitative estimate of drug-likeness (QED) is 0.808. The van der Waals surface area contributed by atoms with Crippen molar-refractivity contribution in [3.8, 4) is 5.75 Å². The molecule has 1 heterocycles. The maximum Gasteiger partial charge on any atom is 0.237 e. The molecule has 1 unspecified atom stereocenters. The Kier molecular flexibility index (Phi) is 5.41. The van der Waals surface area contributed by atoms with Gasteiger partial charge in [-0.3, -0.25) is 4.79 Å². The normalized spacial score (nSPS) is 18.6. The van der Waals surface area contributed by atoms with Gasteiger partial charge < -0.3 is 15.4 Å².